The summed E-state index contributed by atoms with van der Waals surface area (Å²) >= 11 is 2.13. The third-order valence-electron chi connectivity index (χ3n) is 3.03. The Bertz CT molecular complexity index is 323. The lowest BCUT2D eigenvalue weighted by Crippen LogP contribution is -2.10. The van der Waals surface area contributed by atoms with Gasteiger partial charge >= 0.3 is 6.01 Å². The molecule has 5 heteroatoms. The zero-order valence-corrected chi connectivity index (χ0v) is 11.3. The van der Waals surface area contributed by atoms with Crippen LogP contribution >= 0.6 is 11.8 Å². The second-order valence-electron chi connectivity index (χ2n) is 4.54. The second-order valence-corrected chi connectivity index (χ2v) is 5.95. The fourth-order valence-electron chi connectivity index (χ4n) is 2.12. The highest BCUT2D eigenvalue weighted by molar-refractivity contribution is 7.99. The van der Waals surface area contributed by atoms with E-state index < -0.39 is 0 Å². The number of anilines is 1. The van der Waals surface area contributed by atoms with Crippen molar-refractivity contribution in [3.05, 3.63) is 5.89 Å². The molecule has 1 aromatic heterocycles. The fourth-order valence-corrected chi connectivity index (χ4v) is 3.43. The van der Waals surface area contributed by atoms with E-state index in [1.54, 1.807) is 6.92 Å². The average molecular weight is 255 g/mol. The van der Waals surface area contributed by atoms with E-state index in [0.29, 0.717) is 11.9 Å². The molecule has 1 fully saturated rings. The first-order chi connectivity index (χ1) is 8.34. The average Bonchev–Trinajstić information content (AvgIpc) is 2.76. The molecular formula is C12H21N3OS. The molecule has 0 atom stereocenters. The van der Waals surface area contributed by atoms with Crippen molar-refractivity contribution in [2.24, 2.45) is 0 Å². The van der Waals surface area contributed by atoms with Gasteiger partial charge in [0.15, 0.2) is 0 Å². The first kappa shape index (κ1) is 12.7. The normalized spacial score (nSPS) is 17.2. The van der Waals surface area contributed by atoms with Crippen molar-refractivity contribution in [2.75, 3.05) is 17.6 Å². The van der Waals surface area contributed by atoms with Crippen LogP contribution in [0.1, 0.15) is 44.4 Å². The van der Waals surface area contributed by atoms with E-state index in [9.17, 15) is 0 Å². The van der Waals surface area contributed by atoms with Crippen LogP contribution in [0.4, 0.5) is 6.01 Å². The van der Waals surface area contributed by atoms with Crippen molar-refractivity contribution in [3.8, 4) is 0 Å². The van der Waals surface area contributed by atoms with Crippen LogP contribution in [-0.2, 0) is 0 Å². The van der Waals surface area contributed by atoms with Crippen LogP contribution in [0.5, 0.6) is 0 Å². The Hall–Kier alpha value is -0.710. The highest BCUT2D eigenvalue weighted by Gasteiger charge is 2.12. The fraction of sp³-hybridized carbons (Fsp3) is 0.833. The molecule has 2 rings (SSSR count). The number of thioether (sulfide) groups is 1. The van der Waals surface area contributed by atoms with E-state index in [0.717, 1.165) is 18.2 Å². The maximum Gasteiger partial charge on any atom is 0.315 e. The van der Waals surface area contributed by atoms with E-state index in [2.05, 4.69) is 27.3 Å². The molecule has 17 heavy (non-hydrogen) atoms. The maximum absolute atomic E-state index is 5.24. The van der Waals surface area contributed by atoms with Crippen molar-refractivity contribution < 1.29 is 4.42 Å². The van der Waals surface area contributed by atoms with E-state index >= 15 is 0 Å². The Kier molecular flexibility index (Phi) is 5.16. The van der Waals surface area contributed by atoms with E-state index in [1.165, 1.54) is 37.9 Å². The Balaban J connectivity index is 1.51. The maximum atomic E-state index is 5.24. The molecule has 1 saturated carbocycles. The molecule has 0 aromatic carbocycles. The lowest BCUT2D eigenvalue weighted by atomic mass is 10.0. The Morgan fingerprint density at radius 3 is 2.82 bits per heavy atom. The number of hydrogen-bond donors (Lipinski definition) is 1. The summed E-state index contributed by atoms with van der Waals surface area (Å²) in [5.41, 5.74) is 0. The molecule has 1 aliphatic rings. The van der Waals surface area contributed by atoms with Gasteiger partial charge in [-0.1, -0.05) is 24.4 Å². The van der Waals surface area contributed by atoms with Crippen molar-refractivity contribution in [3.63, 3.8) is 0 Å². The van der Waals surface area contributed by atoms with Crippen molar-refractivity contribution in [1.82, 2.24) is 10.2 Å². The molecule has 4 nitrogen and oxygen atoms in total. The van der Waals surface area contributed by atoms with Gasteiger partial charge in [0.25, 0.3) is 0 Å². The van der Waals surface area contributed by atoms with Crippen molar-refractivity contribution in [2.45, 2.75) is 50.7 Å². The molecule has 0 bridgehead atoms. The summed E-state index contributed by atoms with van der Waals surface area (Å²) in [6, 6.07) is 0.546. The van der Waals surface area contributed by atoms with Crippen molar-refractivity contribution >= 4 is 17.8 Å². The number of nitrogens with zero attached hydrogens (tertiary/aromatic N) is 2. The van der Waals surface area contributed by atoms with Crippen molar-refractivity contribution in [1.29, 1.82) is 0 Å². The predicted molar refractivity (Wildman–Crippen MR) is 71.5 cm³/mol. The van der Waals surface area contributed by atoms with Gasteiger partial charge in [0.05, 0.1) is 0 Å². The standard InChI is InChI=1S/C12H21N3OS/c1-10-14-15-12(16-10)13-8-5-9-17-11-6-3-2-4-7-11/h11H,2-9H2,1H3,(H,13,15). The van der Waals surface area contributed by atoms with E-state index in [1.807, 2.05) is 0 Å². The van der Waals surface area contributed by atoms with Crippen LogP contribution in [0.2, 0.25) is 0 Å². The molecule has 0 radical (unpaired) electrons. The summed E-state index contributed by atoms with van der Waals surface area (Å²) in [6.45, 7) is 2.72. The summed E-state index contributed by atoms with van der Waals surface area (Å²) in [5, 5.41) is 11.7. The van der Waals surface area contributed by atoms with Gasteiger partial charge in [0.1, 0.15) is 0 Å². The van der Waals surface area contributed by atoms with Gasteiger partial charge in [-0.05, 0) is 25.0 Å². The van der Waals surface area contributed by atoms with Crippen LogP contribution in [0.3, 0.4) is 0 Å². The minimum atomic E-state index is 0.546. The highest BCUT2D eigenvalue weighted by Crippen LogP contribution is 2.28. The zero-order chi connectivity index (χ0) is 11.9. The third-order valence-corrected chi connectivity index (χ3v) is 4.50. The molecule has 1 aliphatic carbocycles. The van der Waals surface area contributed by atoms with E-state index in [-0.39, 0.29) is 0 Å². The zero-order valence-electron chi connectivity index (χ0n) is 10.4. The van der Waals surface area contributed by atoms with Crippen LogP contribution in [0.15, 0.2) is 4.42 Å². The summed E-state index contributed by atoms with van der Waals surface area (Å²) in [7, 11) is 0. The Labute approximate surface area is 107 Å². The number of nitrogens with one attached hydrogen (secondary N) is 1. The lowest BCUT2D eigenvalue weighted by Gasteiger charge is -2.20. The van der Waals surface area contributed by atoms with Gasteiger partial charge in [-0.2, -0.15) is 11.8 Å². The quantitative estimate of drug-likeness (QED) is 0.791. The van der Waals surface area contributed by atoms with Crippen LogP contribution < -0.4 is 5.32 Å². The largest absolute Gasteiger partial charge is 0.408 e. The first-order valence-corrected chi connectivity index (χ1v) is 7.55. The monoisotopic (exact) mass is 255 g/mol. The molecule has 0 spiro atoms. The van der Waals surface area contributed by atoms with Crippen LogP contribution in [0, 0.1) is 6.92 Å². The SMILES string of the molecule is Cc1nnc(NCCCSC2CCCCC2)o1. The molecular weight excluding hydrogens is 234 g/mol. The molecule has 1 heterocycles. The summed E-state index contributed by atoms with van der Waals surface area (Å²) in [6.07, 6.45) is 8.29. The smallest absolute Gasteiger partial charge is 0.315 e. The van der Waals surface area contributed by atoms with Gasteiger partial charge in [-0.3, -0.25) is 0 Å². The van der Waals surface area contributed by atoms with Gasteiger partial charge in [0, 0.05) is 18.7 Å². The van der Waals surface area contributed by atoms with E-state index in [4.69, 9.17) is 4.42 Å². The molecule has 0 saturated heterocycles. The minimum Gasteiger partial charge on any atom is -0.408 e. The van der Waals surface area contributed by atoms with Gasteiger partial charge in [0.2, 0.25) is 5.89 Å². The Morgan fingerprint density at radius 1 is 1.29 bits per heavy atom. The molecule has 0 aliphatic heterocycles. The third kappa shape index (κ3) is 4.58. The predicted octanol–water partition coefficient (Wildman–Crippen LogP) is 3.25. The number of aromatic nitrogens is 2. The highest BCUT2D eigenvalue weighted by atomic mass is 32.2. The summed E-state index contributed by atoms with van der Waals surface area (Å²) in [5.74, 6) is 1.84. The topological polar surface area (TPSA) is 51.0 Å². The summed E-state index contributed by atoms with van der Waals surface area (Å²) < 4.78 is 5.24. The Morgan fingerprint density at radius 2 is 2.12 bits per heavy atom. The van der Waals surface area contributed by atoms with Crippen LogP contribution in [0.25, 0.3) is 0 Å². The molecule has 96 valence electrons. The second kappa shape index (κ2) is 6.89. The van der Waals surface area contributed by atoms with Gasteiger partial charge in [-0.25, -0.2) is 0 Å². The molecule has 0 amide bonds. The van der Waals surface area contributed by atoms with Gasteiger partial charge < -0.3 is 9.73 Å². The molecule has 0 unspecified atom stereocenters. The van der Waals surface area contributed by atoms with Crippen LogP contribution in [-0.4, -0.2) is 27.7 Å². The minimum absolute atomic E-state index is 0.546. The molecule has 1 aromatic rings. The summed E-state index contributed by atoms with van der Waals surface area (Å²) in [4.78, 5) is 0. The number of hydrogen-bond acceptors (Lipinski definition) is 5. The lowest BCUT2D eigenvalue weighted by molar-refractivity contribution is 0.516. The first-order valence-electron chi connectivity index (χ1n) is 6.50. The number of aryl methyl sites for hydroxylation is 1. The van der Waals surface area contributed by atoms with Gasteiger partial charge in [-0.15, -0.1) is 5.10 Å². The number of rotatable bonds is 6. The molecule has 1 N–H and O–H groups in total.